The van der Waals surface area contributed by atoms with Crippen molar-refractivity contribution in [3.05, 3.63) is 76.5 Å². The Hall–Kier alpha value is -4.56. The molecule has 0 aliphatic rings. The van der Waals surface area contributed by atoms with E-state index in [9.17, 15) is 10.5 Å². The smallest absolute Gasteiger partial charge is 0.199 e. The molecule has 0 aliphatic carbocycles. The quantitative estimate of drug-likeness (QED) is 0.409. The van der Waals surface area contributed by atoms with E-state index in [0.29, 0.717) is 5.69 Å². The SMILES string of the molecule is CC(C)(C)c1ccc(Nc2nc3nc(C#N)c(C#N)nc3n(-c3ccc(C(C)(C)C)cc3)c2=N)cc1. The van der Waals surface area contributed by atoms with Crippen LogP contribution in [0.3, 0.4) is 0 Å². The zero-order chi connectivity index (χ0) is 26.3. The molecule has 2 N–H and O–H groups in total. The molecule has 8 heteroatoms. The van der Waals surface area contributed by atoms with Gasteiger partial charge in [-0.2, -0.15) is 10.5 Å². The van der Waals surface area contributed by atoms with Gasteiger partial charge in [0.25, 0.3) is 0 Å². The van der Waals surface area contributed by atoms with E-state index in [4.69, 9.17) is 5.41 Å². The summed E-state index contributed by atoms with van der Waals surface area (Å²) in [5.74, 6) is 0.258. The van der Waals surface area contributed by atoms with E-state index in [1.54, 1.807) is 4.57 Å². The Balaban J connectivity index is 1.92. The van der Waals surface area contributed by atoms with E-state index >= 15 is 0 Å². The van der Waals surface area contributed by atoms with Crippen molar-refractivity contribution in [1.29, 1.82) is 15.9 Å². The summed E-state index contributed by atoms with van der Waals surface area (Å²) in [5.41, 5.74) is 3.98. The van der Waals surface area contributed by atoms with Gasteiger partial charge in [0.2, 0.25) is 0 Å². The molecular weight excluding hydrogens is 448 g/mol. The number of nitrogens with one attached hydrogen (secondary N) is 2. The van der Waals surface area contributed by atoms with E-state index in [-0.39, 0.29) is 44.8 Å². The lowest BCUT2D eigenvalue weighted by Crippen LogP contribution is -2.25. The molecule has 0 spiro atoms. The maximum absolute atomic E-state index is 9.50. The normalized spacial score (nSPS) is 11.7. The summed E-state index contributed by atoms with van der Waals surface area (Å²) in [5, 5.41) is 31.2. The van der Waals surface area contributed by atoms with Crippen LogP contribution in [0.15, 0.2) is 48.5 Å². The molecule has 2 heterocycles. The Morgan fingerprint density at radius 3 is 1.75 bits per heavy atom. The van der Waals surface area contributed by atoms with Gasteiger partial charge in [-0.05, 0) is 46.2 Å². The Morgan fingerprint density at radius 1 is 0.750 bits per heavy atom. The summed E-state index contributed by atoms with van der Waals surface area (Å²) >= 11 is 0. The largest absolute Gasteiger partial charge is 0.337 e. The molecule has 0 bridgehead atoms. The topological polar surface area (TPSA) is 127 Å². The summed E-state index contributed by atoms with van der Waals surface area (Å²) in [6.45, 7) is 12.8. The second kappa shape index (κ2) is 8.90. The molecule has 0 unspecified atom stereocenters. The standard InChI is InChI=1S/C28H28N8/c1-27(2,3)17-7-11-19(12-8-17)32-24-23(31)36(20-13-9-18(10-14-20)28(4,5)6)26-25(35-24)33-21(15-29)22(16-30)34-26/h7-14,31H,1-6H3,(H,32,33,35). The molecule has 0 fully saturated rings. The first kappa shape index (κ1) is 24.6. The van der Waals surface area contributed by atoms with Crippen molar-refractivity contribution < 1.29 is 0 Å². The van der Waals surface area contributed by atoms with Gasteiger partial charge in [-0.3, -0.25) is 9.98 Å². The first-order valence-corrected chi connectivity index (χ1v) is 11.6. The molecule has 2 aromatic carbocycles. The maximum atomic E-state index is 9.50. The molecule has 0 saturated heterocycles. The number of hydrogen-bond donors (Lipinski definition) is 2. The van der Waals surface area contributed by atoms with Crippen LogP contribution >= 0.6 is 0 Å². The van der Waals surface area contributed by atoms with Gasteiger partial charge in [-0.15, -0.1) is 0 Å². The predicted molar refractivity (Wildman–Crippen MR) is 139 cm³/mol. The molecule has 4 rings (SSSR count). The summed E-state index contributed by atoms with van der Waals surface area (Å²) in [6.07, 6.45) is 0. The highest BCUT2D eigenvalue weighted by molar-refractivity contribution is 5.73. The van der Waals surface area contributed by atoms with E-state index in [1.165, 1.54) is 5.56 Å². The van der Waals surface area contributed by atoms with Crippen LogP contribution in [0.4, 0.5) is 11.5 Å². The Kier molecular flexibility index (Phi) is 6.07. The summed E-state index contributed by atoms with van der Waals surface area (Å²) in [7, 11) is 0. The van der Waals surface area contributed by atoms with Crippen LogP contribution in [0.25, 0.3) is 17.0 Å². The van der Waals surface area contributed by atoms with Gasteiger partial charge >= 0.3 is 0 Å². The lowest BCUT2D eigenvalue weighted by molar-refractivity contribution is 0.590. The van der Waals surface area contributed by atoms with E-state index in [0.717, 1.165) is 11.3 Å². The van der Waals surface area contributed by atoms with Gasteiger partial charge in [0.15, 0.2) is 34.0 Å². The van der Waals surface area contributed by atoms with E-state index < -0.39 is 0 Å². The highest BCUT2D eigenvalue weighted by Gasteiger charge is 2.19. The third kappa shape index (κ3) is 4.67. The Morgan fingerprint density at radius 2 is 1.25 bits per heavy atom. The number of anilines is 2. The average Bonchev–Trinajstić information content (AvgIpc) is 2.83. The summed E-state index contributed by atoms with van der Waals surface area (Å²) in [6, 6.07) is 19.6. The number of fused-ring (bicyclic) bond motifs is 1. The van der Waals surface area contributed by atoms with Crippen molar-refractivity contribution >= 4 is 22.8 Å². The highest BCUT2D eigenvalue weighted by Crippen LogP contribution is 2.26. The van der Waals surface area contributed by atoms with Crippen LogP contribution in [0.1, 0.15) is 64.1 Å². The monoisotopic (exact) mass is 476 g/mol. The molecular formula is C28H28N8. The second-order valence-electron chi connectivity index (χ2n) is 10.7. The van der Waals surface area contributed by atoms with Crippen LogP contribution in [-0.4, -0.2) is 19.5 Å². The zero-order valence-corrected chi connectivity index (χ0v) is 21.3. The van der Waals surface area contributed by atoms with Crippen molar-refractivity contribution in [3.63, 3.8) is 0 Å². The number of benzene rings is 2. The molecule has 0 radical (unpaired) electrons. The molecule has 0 aliphatic heterocycles. The van der Waals surface area contributed by atoms with Crippen molar-refractivity contribution in [2.45, 2.75) is 52.4 Å². The van der Waals surface area contributed by atoms with Crippen LogP contribution < -0.4 is 10.8 Å². The van der Waals surface area contributed by atoms with Crippen molar-refractivity contribution in [2.75, 3.05) is 5.32 Å². The van der Waals surface area contributed by atoms with Gasteiger partial charge in [-0.1, -0.05) is 65.8 Å². The minimum atomic E-state index is -0.107. The third-order valence-corrected chi connectivity index (χ3v) is 5.95. The molecule has 0 amide bonds. The Bertz CT molecular complexity index is 1590. The minimum Gasteiger partial charge on any atom is -0.337 e. The number of nitrogens with zero attached hydrogens (tertiary/aromatic N) is 6. The van der Waals surface area contributed by atoms with Gasteiger partial charge in [0, 0.05) is 11.4 Å². The third-order valence-electron chi connectivity index (χ3n) is 5.95. The van der Waals surface area contributed by atoms with Gasteiger partial charge in [-0.25, -0.2) is 15.0 Å². The number of aromatic nitrogens is 4. The van der Waals surface area contributed by atoms with E-state index in [2.05, 4.69) is 61.8 Å². The highest BCUT2D eigenvalue weighted by atomic mass is 15.2. The van der Waals surface area contributed by atoms with Crippen LogP contribution in [-0.2, 0) is 10.8 Å². The van der Waals surface area contributed by atoms with Crippen LogP contribution in [0.5, 0.6) is 0 Å². The molecule has 0 saturated carbocycles. The summed E-state index contributed by atoms with van der Waals surface area (Å²) in [4.78, 5) is 13.2. The van der Waals surface area contributed by atoms with Gasteiger partial charge in [0.05, 0.1) is 0 Å². The van der Waals surface area contributed by atoms with Gasteiger partial charge < -0.3 is 5.32 Å². The molecule has 36 heavy (non-hydrogen) atoms. The first-order valence-electron chi connectivity index (χ1n) is 11.6. The van der Waals surface area contributed by atoms with Crippen molar-refractivity contribution in [3.8, 4) is 17.8 Å². The fraction of sp³-hybridized carbons (Fsp3) is 0.286. The number of hydrogen-bond acceptors (Lipinski definition) is 7. The van der Waals surface area contributed by atoms with E-state index in [1.807, 2.05) is 60.7 Å². The van der Waals surface area contributed by atoms with Crippen molar-refractivity contribution in [1.82, 2.24) is 19.5 Å². The average molecular weight is 477 g/mol. The number of nitriles is 2. The molecule has 2 aromatic heterocycles. The molecule has 0 atom stereocenters. The lowest BCUT2D eigenvalue weighted by atomic mass is 9.87. The van der Waals surface area contributed by atoms with Gasteiger partial charge in [0.1, 0.15) is 12.1 Å². The molecule has 180 valence electrons. The molecule has 8 nitrogen and oxygen atoms in total. The van der Waals surface area contributed by atoms with Crippen molar-refractivity contribution in [2.24, 2.45) is 0 Å². The second-order valence-corrected chi connectivity index (χ2v) is 10.7. The predicted octanol–water partition coefficient (Wildman–Crippen LogP) is 5.38. The lowest BCUT2D eigenvalue weighted by Gasteiger charge is -2.20. The molecule has 4 aromatic rings. The first-order chi connectivity index (χ1) is 16.9. The van der Waals surface area contributed by atoms with Crippen LogP contribution in [0.2, 0.25) is 0 Å². The number of rotatable bonds is 3. The fourth-order valence-corrected chi connectivity index (χ4v) is 3.81. The van der Waals surface area contributed by atoms with Crippen LogP contribution in [0, 0.1) is 28.1 Å². The Labute approximate surface area is 210 Å². The maximum Gasteiger partial charge on any atom is 0.199 e. The fourth-order valence-electron chi connectivity index (χ4n) is 3.81. The minimum absolute atomic E-state index is 0.0181. The zero-order valence-electron chi connectivity index (χ0n) is 21.3. The summed E-state index contributed by atoms with van der Waals surface area (Å²) < 4.78 is 1.59.